The monoisotopic (exact) mass is 602 g/mol. The van der Waals surface area contributed by atoms with Crippen molar-refractivity contribution in [1.82, 2.24) is 40.3 Å². The summed E-state index contributed by atoms with van der Waals surface area (Å²) in [7, 11) is 0. The second-order valence-corrected chi connectivity index (χ2v) is 10.7. The zero-order valence-corrected chi connectivity index (χ0v) is 23.7. The maximum absolute atomic E-state index is 13.7. The summed E-state index contributed by atoms with van der Waals surface area (Å²) in [5.74, 6) is -2.53. The number of alkyl halides is 3. The van der Waals surface area contributed by atoms with Crippen molar-refractivity contribution in [3.63, 3.8) is 0 Å². The van der Waals surface area contributed by atoms with Crippen LogP contribution in [-0.2, 0) is 12.7 Å². The van der Waals surface area contributed by atoms with Crippen LogP contribution in [0.2, 0.25) is 5.02 Å². The zero-order valence-electron chi connectivity index (χ0n) is 22.9. The fourth-order valence-corrected chi connectivity index (χ4v) is 4.04. The number of benzene rings is 1. The molecule has 0 aliphatic carbocycles. The van der Waals surface area contributed by atoms with Crippen molar-refractivity contribution < 1.29 is 22.8 Å². The Hall–Kier alpha value is -4.79. The molecule has 0 bridgehead atoms. The first-order valence-corrected chi connectivity index (χ1v) is 12.7. The zero-order chi connectivity index (χ0) is 31.0. The van der Waals surface area contributed by atoms with Gasteiger partial charge in [0.25, 0.3) is 17.6 Å². The number of rotatable bonds is 7. The van der Waals surface area contributed by atoms with E-state index < -0.39 is 29.4 Å². The Labute approximate surface area is 242 Å². The number of tetrazole rings is 1. The Morgan fingerprint density at radius 3 is 2.43 bits per heavy atom. The number of hydrogen-bond acceptors (Lipinski definition) is 8. The molecule has 4 rings (SSSR count). The van der Waals surface area contributed by atoms with E-state index in [2.05, 4.69) is 42.7 Å². The Kier molecular flexibility index (Phi) is 8.07. The summed E-state index contributed by atoms with van der Waals surface area (Å²) < 4.78 is 40.0. The summed E-state index contributed by atoms with van der Waals surface area (Å²) in [5.41, 5.74) is 6.88. The van der Waals surface area contributed by atoms with Gasteiger partial charge in [-0.3, -0.25) is 9.59 Å². The molecule has 0 fully saturated rings. The van der Waals surface area contributed by atoms with E-state index in [1.807, 2.05) is 0 Å². The van der Waals surface area contributed by atoms with E-state index in [0.29, 0.717) is 15.9 Å². The molecule has 42 heavy (non-hydrogen) atoms. The van der Waals surface area contributed by atoms with Gasteiger partial charge in [0, 0.05) is 17.4 Å². The first-order valence-electron chi connectivity index (χ1n) is 12.3. The van der Waals surface area contributed by atoms with Crippen molar-refractivity contribution in [2.24, 2.45) is 5.73 Å². The molecule has 0 unspecified atom stereocenters. The third-order valence-electron chi connectivity index (χ3n) is 5.62. The summed E-state index contributed by atoms with van der Waals surface area (Å²) in [6.45, 7) is 10.5. The van der Waals surface area contributed by atoms with Crippen LogP contribution in [0, 0.1) is 6.92 Å². The number of nitrogens with two attached hydrogens (primary N) is 1. The van der Waals surface area contributed by atoms with Gasteiger partial charge < -0.3 is 16.4 Å². The number of carbonyl (C=O) groups is 2. The van der Waals surface area contributed by atoms with Crippen molar-refractivity contribution in [2.45, 2.75) is 46.0 Å². The minimum atomic E-state index is -4.79. The first-order chi connectivity index (χ1) is 19.5. The van der Waals surface area contributed by atoms with Crippen molar-refractivity contribution >= 4 is 34.8 Å². The highest BCUT2D eigenvalue weighted by Gasteiger charge is 2.37. The molecule has 0 spiro atoms. The van der Waals surface area contributed by atoms with Crippen LogP contribution in [0.1, 0.15) is 64.3 Å². The molecule has 3 aromatic heterocycles. The molecule has 0 saturated carbocycles. The van der Waals surface area contributed by atoms with Gasteiger partial charge in [-0.25, -0.2) is 9.67 Å². The first kappa shape index (κ1) is 30.2. The molecule has 4 aromatic rings. The normalized spacial score (nSPS) is 11.8. The third-order valence-corrected chi connectivity index (χ3v) is 5.92. The second kappa shape index (κ2) is 11.2. The maximum atomic E-state index is 13.7. The van der Waals surface area contributed by atoms with Crippen molar-refractivity contribution in [3.8, 4) is 5.82 Å². The molecule has 0 atom stereocenters. The maximum Gasteiger partial charge on any atom is 0.455 e. The highest BCUT2D eigenvalue weighted by Crippen LogP contribution is 2.28. The second-order valence-electron chi connectivity index (χ2n) is 10.3. The van der Waals surface area contributed by atoms with Crippen LogP contribution in [0.3, 0.4) is 0 Å². The molecule has 220 valence electrons. The lowest BCUT2D eigenvalue weighted by Gasteiger charge is -2.23. The Morgan fingerprint density at radius 1 is 1.12 bits per heavy atom. The van der Waals surface area contributed by atoms with Crippen LogP contribution in [0.15, 0.2) is 43.1 Å². The highest BCUT2D eigenvalue weighted by molar-refractivity contribution is 6.32. The van der Waals surface area contributed by atoms with Gasteiger partial charge in [0.1, 0.15) is 12.2 Å². The number of carbonyl (C=O) groups excluding carboxylic acids is 2. The number of anilines is 1. The smallest absolute Gasteiger partial charge is 0.399 e. The number of hydrogen-bond donors (Lipinski definition) is 3. The molecular formula is C26H26ClF3N10O2. The summed E-state index contributed by atoms with van der Waals surface area (Å²) in [4.78, 5) is 31.9. The van der Waals surface area contributed by atoms with E-state index in [9.17, 15) is 22.8 Å². The number of halogens is 4. The molecule has 0 radical (unpaired) electrons. The van der Waals surface area contributed by atoms with Gasteiger partial charge in [0.05, 0.1) is 22.0 Å². The van der Waals surface area contributed by atoms with Gasteiger partial charge in [0.15, 0.2) is 5.82 Å². The van der Waals surface area contributed by atoms with Crippen LogP contribution in [0.5, 0.6) is 0 Å². The molecule has 0 saturated heterocycles. The van der Waals surface area contributed by atoms with Gasteiger partial charge in [-0.1, -0.05) is 18.2 Å². The molecule has 0 aliphatic heterocycles. The van der Waals surface area contributed by atoms with E-state index in [1.165, 1.54) is 24.4 Å². The number of aromatic nitrogens is 7. The van der Waals surface area contributed by atoms with Crippen molar-refractivity contribution in [1.29, 1.82) is 0 Å². The van der Waals surface area contributed by atoms with E-state index in [0.717, 1.165) is 4.68 Å². The molecular weight excluding hydrogens is 577 g/mol. The summed E-state index contributed by atoms with van der Waals surface area (Å²) in [6.07, 6.45) is -3.36. The van der Waals surface area contributed by atoms with E-state index in [1.54, 1.807) is 39.8 Å². The lowest BCUT2D eigenvalue weighted by molar-refractivity contribution is -0.145. The standard InChI is InChI=1S/C26H26ClF3N10O2/c1-13-9-15(14(2)31)10-17(22(41)34-25(3,4)5)20(13)33-23(42)19-11-16(12-39-37-24(35-38-39)26(28,29)30)36-40(19)21-18(27)7-6-8-32-21/h6-11H,2,12,31H2,1,3-5H3,(H,33,42)(H,34,41). The van der Waals surface area contributed by atoms with Crippen molar-refractivity contribution in [3.05, 3.63) is 82.0 Å². The number of nitrogens with one attached hydrogen (secondary N) is 2. The Balaban J connectivity index is 1.77. The summed E-state index contributed by atoms with van der Waals surface area (Å²) in [5, 5.41) is 19.9. The molecule has 1 aromatic carbocycles. The van der Waals surface area contributed by atoms with E-state index in [-0.39, 0.29) is 45.7 Å². The predicted molar refractivity (Wildman–Crippen MR) is 148 cm³/mol. The molecule has 3 heterocycles. The topological polar surface area (TPSA) is 159 Å². The highest BCUT2D eigenvalue weighted by atomic mass is 35.5. The lowest BCUT2D eigenvalue weighted by Crippen LogP contribution is -2.41. The number of pyridine rings is 1. The van der Waals surface area contributed by atoms with Crippen molar-refractivity contribution in [2.75, 3.05) is 5.32 Å². The molecule has 12 nitrogen and oxygen atoms in total. The van der Waals surface area contributed by atoms with E-state index in [4.69, 9.17) is 17.3 Å². The average molecular weight is 603 g/mol. The van der Waals surface area contributed by atoms with Gasteiger partial charge in [-0.15, -0.1) is 10.2 Å². The van der Waals surface area contributed by atoms with Crippen LogP contribution < -0.4 is 16.4 Å². The number of aryl methyl sites for hydroxylation is 1. The predicted octanol–water partition coefficient (Wildman–Crippen LogP) is 3.99. The van der Waals surface area contributed by atoms with E-state index >= 15 is 0 Å². The molecule has 16 heteroatoms. The third kappa shape index (κ3) is 6.74. The minimum Gasteiger partial charge on any atom is -0.399 e. The van der Waals surface area contributed by atoms with Crippen LogP contribution >= 0.6 is 11.6 Å². The van der Waals surface area contributed by atoms with Gasteiger partial charge in [-0.2, -0.15) is 23.1 Å². The molecule has 4 N–H and O–H groups in total. The fourth-order valence-electron chi connectivity index (χ4n) is 3.84. The quantitative estimate of drug-likeness (QED) is 0.286. The van der Waals surface area contributed by atoms with Crippen LogP contribution in [-0.4, -0.2) is 52.3 Å². The van der Waals surface area contributed by atoms with Gasteiger partial charge in [0.2, 0.25) is 0 Å². The van der Waals surface area contributed by atoms with Crippen LogP contribution in [0.4, 0.5) is 18.9 Å². The van der Waals surface area contributed by atoms with Crippen LogP contribution in [0.25, 0.3) is 11.5 Å². The largest absolute Gasteiger partial charge is 0.455 e. The number of amides is 2. The minimum absolute atomic E-state index is 0.0790. The average Bonchev–Trinajstić information content (AvgIpc) is 3.52. The molecule has 2 amide bonds. The Bertz CT molecular complexity index is 1690. The summed E-state index contributed by atoms with van der Waals surface area (Å²) in [6, 6.07) is 7.60. The Morgan fingerprint density at radius 2 is 1.83 bits per heavy atom. The SMILES string of the molecule is C=C(N)c1cc(C)c(NC(=O)c2cc(Cn3nnc(C(F)(F)F)n3)nn2-c2ncccc2Cl)c(C(=O)NC(C)(C)C)c1. The lowest BCUT2D eigenvalue weighted by atomic mass is 9.99. The number of nitrogens with zero attached hydrogens (tertiary/aromatic N) is 7. The fraction of sp³-hybridized carbons (Fsp3) is 0.269. The van der Waals surface area contributed by atoms with Gasteiger partial charge in [-0.05, 0) is 74.4 Å². The summed E-state index contributed by atoms with van der Waals surface area (Å²) >= 11 is 6.33. The van der Waals surface area contributed by atoms with Gasteiger partial charge >= 0.3 is 6.18 Å². The molecule has 0 aliphatic rings.